The number of carbonyl (C=O) groups excluding carboxylic acids is 2. The predicted molar refractivity (Wildman–Crippen MR) is 87.6 cm³/mol. The average Bonchev–Trinajstić information content (AvgIpc) is 3.15. The Balaban J connectivity index is 1.86. The molecule has 122 valence electrons. The Kier molecular flexibility index (Phi) is 4.15. The van der Waals surface area contributed by atoms with E-state index in [9.17, 15) is 9.59 Å². The third-order valence-corrected chi connectivity index (χ3v) is 3.29. The maximum absolute atomic E-state index is 12.6. The van der Waals surface area contributed by atoms with Gasteiger partial charge in [-0.1, -0.05) is 11.2 Å². The molecule has 0 aliphatic heterocycles. The summed E-state index contributed by atoms with van der Waals surface area (Å²) in [5.41, 5.74) is 1.77. The molecule has 24 heavy (non-hydrogen) atoms. The number of hydrogen-bond acceptors (Lipinski definition) is 5. The van der Waals surface area contributed by atoms with Gasteiger partial charge in [-0.05, 0) is 37.3 Å². The fourth-order valence-electron chi connectivity index (χ4n) is 2.29. The minimum Gasteiger partial charge on any atom is -0.463 e. The fourth-order valence-corrected chi connectivity index (χ4v) is 2.29. The van der Waals surface area contributed by atoms with Crippen LogP contribution in [0.25, 0.3) is 11.5 Å². The molecule has 7 heteroatoms. The third-order valence-electron chi connectivity index (χ3n) is 3.29. The summed E-state index contributed by atoms with van der Waals surface area (Å²) in [5.74, 6) is 0.273. The number of anilines is 2. The van der Waals surface area contributed by atoms with Gasteiger partial charge in [0, 0.05) is 18.3 Å². The van der Waals surface area contributed by atoms with Crippen LogP contribution in [0.4, 0.5) is 11.4 Å². The molecule has 2 N–H and O–H groups in total. The van der Waals surface area contributed by atoms with Gasteiger partial charge in [0.1, 0.15) is 11.3 Å². The highest BCUT2D eigenvalue weighted by molar-refractivity contribution is 6.08. The van der Waals surface area contributed by atoms with Crippen molar-refractivity contribution in [2.45, 2.75) is 13.8 Å². The summed E-state index contributed by atoms with van der Waals surface area (Å²) in [6, 6.07) is 10.3. The quantitative estimate of drug-likeness (QED) is 0.765. The van der Waals surface area contributed by atoms with Gasteiger partial charge in [0.25, 0.3) is 5.91 Å². The van der Waals surface area contributed by atoms with E-state index in [4.69, 9.17) is 8.94 Å². The first-order valence-corrected chi connectivity index (χ1v) is 7.24. The smallest absolute Gasteiger partial charge is 0.261 e. The second-order valence-electron chi connectivity index (χ2n) is 5.16. The van der Waals surface area contributed by atoms with E-state index >= 15 is 0 Å². The molecule has 0 aliphatic rings. The number of benzene rings is 1. The van der Waals surface area contributed by atoms with Crippen LogP contribution in [0.3, 0.4) is 0 Å². The highest BCUT2D eigenvalue weighted by Crippen LogP contribution is 2.26. The number of aryl methyl sites for hydroxylation is 1. The zero-order chi connectivity index (χ0) is 17.1. The van der Waals surface area contributed by atoms with Crippen LogP contribution >= 0.6 is 0 Å². The zero-order valence-corrected chi connectivity index (χ0v) is 13.1. The van der Waals surface area contributed by atoms with E-state index in [1.165, 1.54) is 13.2 Å². The molecule has 0 radical (unpaired) electrons. The second kappa shape index (κ2) is 6.41. The minimum atomic E-state index is -0.375. The number of furan rings is 1. The van der Waals surface area contributed by atoms with Gasteiger partial charge >= 0.3 is 0 Å². The Morgan fingerprint density at radius 1 is 1.08 bits per heavy atom. The van der Waals surface area contributed by atoms with Crippen molar-refractivity contribution < 1.29 is 18.5 Å². The Bertz CT molecular complexity index is 881. The van der Waals surface area contributed by atoms with Gasteiger partial charge in [-0.15, -0.1) is 0 Å². The Hall–Kier alpha value is -3.35. The Labute approximate surface area is 137 Å². The lowest BCUT2D eigenvalue weighted by atomic mass is 10.1. The van der Waals surface area contributed by atoms with Gasteiger partial charge in [-0.2, -0.15) is 0 Å². The van der Waals surface area contributed by atoms with Crippen LogP contribution in [0, 0.1) is 6.92 Å². The van der Waals surface area contributed by atoms with Crippen LogP contribution in [0.5, 0.6) is 0 Å². The first kappa shape index (κ1) is 15.5. The first-order valence-electron chi connectivity index (χ1n) is 7.24. The average molecular weight is 325 g/mol. The summed E-state index contributed by atoms with van der Waals surface area (Å²) in [5, 5.41) is 9.32. The van der Waals surface area contributed by atoms with Crippen LogP contribution < -0.4 is 10.6 Å². The van der Waals surface area contributed by atoms with Crippen LogP contribution in [0.15, 0.2) is 51.6 Å². The molecule has 7 nitrogen and oxygen atoms in total. The van der Waals surface area contributed by atoms with E-state index in [2.05, 4.69) is 15.8 Å². The van der Waals surface area contributed by atoms with Crippen LogP contribution in [-0.4, -0.2) is 17.0 Å². The Morgan fingerprint density at radius 3 is 2.50 bits per heavy atom. The van der Waals surface area contributed by atoms with E-state index < -0.39 is 0 Å². The van der Waals surface area contributed by atoms with E-state index in [0.29, 0.717) is 34.2 Å². The number of aromatic nitrogens is 1. The number of nitrogens with one attached hydrogen (secondary N) is 2. The van der Waals surface area contributed by atoms with Crippen LogP contribution in [0.2, 0.25) is 0 Å². The highest BCUT2D eigenvalue weighted by Gasteiger charge is 2.23. The molecule has 2 aromatic heterocycles. The lowest BCUT2D eigenvalue weighted by Gasteiger charge is -2.07. The fraction of sp³-hybridized carbons (Fsp3) is 0.118. The van der Waals surface area contributed by atoms with Crippen molar-refractivity contribution in [3.05, 3.63) is 54.0 Å². The van der Waals surface area contributed by atoms with Gasteiger partial charge in [0.05, 0.1) is 6.26 Å². The van der Waals surface area contributed by atoms with Crippen molar-refractivity contribution in [1.29, 1.82) is 0 Å². The first-order chi connectivity index (χ1) is 11.5. The number of hydrogen-bond donors (Lipinski definition) is 2. The van der Waals surface area contributed by atoms with E-state index in [0.717, 1.165) is 0 Å². The molecule has 0 atom stereocenters. The molecule has 0 saturated heterocycles. The monoisotopic (exact) mass is 325 g/mol. The molecule has 2 heterocycles. The van der Waals surface area contributed by atoms with Crippen molar-refractivity contribution >= 4 is 23.2 Å². The van der Waals surface area contributed by atoms with Gasteiger partial charge in [-0.25, -0.2) is 0 Å². The molecule has 1 aromatic carbocycles. The van der Waals surface area contributed by atoms with E-state index in [1.54, 1.807) is 43.3 Å². The third kappa shape index (κ3) is 3.19. The molecule has 0 bridgehead atoms. The second-order valence-corrected chi connectivity index (χ2v) is 5.16. The van der Waals surface area contributed by atoms with Crippen molar-refractivity contribution in [3.8, 4) is 11.5 Å². The SMILES string of the molecule is CC(=O)Nc1cccc(NC(=O)c2c(-c3ccco3)noc2C)c1. The van der Waals surface area contributed by atoms with Crippen LogP contribution in [0.1, 0.15) is 23.0 Å². The number of amides is 2. The van der Waals surface area contributed by atoms with Crippen molar-refractivity contribution in [3.63, 3.8) is 0 Å². The molecule has 2 amide bonds. The van der Waals surface area contributed by atoms with Gasteiger partial charge in [0.2, 0.25) is 5.91 Å². The molecule has 0 fully saturated rings. The Morgan fingerprint density at radius 2 is 1.83 bits per heavy atom. The maximum Gasteiger partial charge on any atom is 0.261 e. The summed E-state index contributed by atoms with van der Waals surface area (Å²) in [6.07, 6.45) is 1.50. The lowest BCUT2D eigenvalue weighted by molar-refractivity contribution is -0.114. The summed E-state index contributed by atoms with van der Waals surface area (Å²) >= 11 is 0. The normalized spacial score (nSPS) is 10.4. The minimum absolute atomic E-state index is 0.187. The molecule has 3 aromatic rings. The molecule has 3 rings (SSSR count). The van der Waals surface area contributed by atoms with Gasteiger partial charge in [-0.3, -0.25) is 9.59 Å². The van der Waals surface area contributed by atoms with E-state index in [-0.39, 0.29) is 11.8 Å². The van der Waals surface area contributed by atoms with Crippen molar-refractivity contribution in [2.75, 3.05) is 10.6 Å². The largest absolute Gasteiger partial charge is 0.463 e. The van der Waals surface area contributed by atoms with Gasteiger partial charge in [0.15, 0.2) is 11.5 Å². The van der Waals surface area contributed by atoms with Crippen molar-refractivity contribution in [2.24, 2.45) is 0 Å². The molecule has 0 spiro atoms. The van der Waals surface area contributed by atoms with E-state index in [1.807, 2.05) is 0 Å². The number of rotatable bonds is 4. The molecular weight excluding hydrogens is 310 g/mol. The summed E-state index contributed by atoms with van der Waals surface area (Å²) in [4.78, 5) is 23.7. The standard InChI is InChI=1S/C17H15N3O4/c1-10-15(16(20-24-10)14-7-4-8-23-14)17(22)19-13-6-3-5-12(9-13)18-11(2)21/h3-9H,1-2H3,(H,18,21)(H,19,22). The highest BCUT2D eigenvalue weighted by atomic mass is 16.5. The summed E-state index contributed by atoms with van der Waals surface area (Å²) < 4.78 is 10.4. The molecule has 0 unspecified atom stereocenters. The zero-order valence-electron chi connectivity index (χ0n) is 13.1. The predicted octanol–water partition coefficient (Wildman–Crippen LogP) is 3.45. The summed E-state index contributed by atoms with van der Waals surface area (Å²) in [6.45, 7) is 3.07. The topological polar surface area (TPSA) is 97.4 Å². The van der Waals surface area contributed by atoms with Crippen molar-refractivity contribution in [1.82, 2.24) is 5.16 Å². The maximum atomic E-state index is 12.6. The molecule has 0 aliphatic carbocycles. The number of carbonyl (C=O) groups is 2. The number of nitrogens with zero attached hydrogens (tertiary/aromatic N) is 1. The molecule has 0 saturated carbocycles. The summed E-state index contributed by atoms with van der Waals surface area (Å²) in [7, 11) is 0. The molecular formula is C17H15N3O4. The van der Waals surface area contributed by atoms with Gasteiger partial charge < -0.3 is 19.6 Å². The van der Waals surface area contributed by atoms with Crippen LogP contribution in [-0.2, 0) is 4.79 Å². The lowest BCUT2D eigenvalue weighted by Crippen LogP contribution is -2.14.